The van der Waals surface area contributed by atoms with Crippen LogP contribution in [-0.2, 0) is 0 Å². The summed E-state index contributed by atoms with van der Waals surface area (Å²) in [5.41, 5.74) is 9.81. The Labute approximate surface area is 261 Å². The second kappa shape index (κ2) is 44.3. The molecule has 0 aliphatic rings. The van der Waals surface area contributed by atoms with Crippen molar-refractivity contribution in [1.82, 2.24) is 0 Å². The molecule has 0 atom stereocenters. The van der Waals surface area contributed by atoms with Crippen LogP contribution in [0.5, 0.6) is 0 Å². The lowest BCUT2D eigenvalue weighted by Gasteiger charge is -2.18. The molecule has 0 amide bonds. The van der Waals surface area contributed by atoms with Gasteiger partial charge in [-0.15, -0.1) is 13.1 Å². The zero-order valence-electron chi connectivity index (χ0n) is 29.1. The molecule has 0 saturated heterocycles. The molecule has 0 fully saturated rings. The molecule has 0 saturated carbocycles. The zero-order valence-corrected chi connectivity index (χ0v) is 29.1. The van der Waals surface area contributed by atoms with Gasteiger partial charge in [-0.1, -0.05) is 219 Å². The van der Waals surface area contributed by atoms with Crippen molar-refractivity contribution < 1.29 is 0 Å². The van der Waals surface area contributed by atoms with E-state index in [0.717, 1.165) is 13.1 Å². The smallest absolute Gasteiger partial charge is 0.00461 e. The van der Waals surface area contributed by atoms with Gasteiger partial charge in [0.1, 0.15) is 0 Å². The summed E-state index contributed by atoms with van der Waals surface area (Å²) >= 11 is 0. The summed E-state index contributed by atoms with van der Waals surface area (Å²) in [5, 5.41) is 4.78. The van der Waals surface area contributed by atoms with Crippen molar-refractivity contribution in [2.24, 2.45) is 11.5 Å². The van der Waals surface area contributed by atoms with E-state index in [-0.39, 0.29) is 0 Å². The quantitative estimate of drug-likeness (QED) is 0.0732. The number of nitrogens with zero attached hydrogens (tertiary/aromatic N) is 1. The Hall–Kier alpha value is -0.120. The van der Waals surface area contributed by atoms with Crippen molar-refractivity contribution in [3.8, 4) is 0 Å². The highest BCUT2D eigenvalue weighted by Gasteiger charge is 1.95. The first-order chi connectivity index (χ1) is 20.3. The largest absolute Gasteiger partial charge is 0.662 e. The van der Waals surface area contributed by atoms with E-state index in [1.807, 2.05) is 0 Å². The van der Waals surface area contributed by atoms with Crippen molar-refractivity contribution in [3.05, 3.63) is 5.32 Å². The number of hydrogen-bond acceptors (Lipinski definition) is 2. The van der Waals surface area contributed by atoms with E-state index < -0.39 is 0 Å². The zero-order chi connectivity index (χ0) is 30.2. The van der Waals surface area contributed by atoms with E-state index in [9.17, 15) is 0 Å². The molecular formula is C38H82N3-. The van der Waals surface area contributed by atoms with Crippen LogP contribution in [-0.4, -0.2) is 26.2 Å². The molecule has 0 aliphatic heterocycles. The first-order valence-electron chi connectivity index (χ1n) is 19.4. The van der Waals surface area contributed by atoms with Gasteiger partial charge in [0.15, 0.2) is 0 Å². The van der Waals surface area contributed by atoms with Gasteiger partial charge in [-0.2, -0.15) is 0 Å². The number of nitrogens with two attached hydrogens (primary N) is 2. The third-order valence-electron chi connectivity index (χ3n) is 8.51. The minimum absolute atomic E-state index is 0.597. The van der Waals surface area contributed by atoms with Crippen molar-refractivity contribution in [3.63, 3.8) is 0 Å². The average molecular weight is 581 g/mol. The van der Waals surface area contributed by atoms with Crippen molar-refractivity contribution in [2.45, 2.75) is 219 Å². The molecule has 0 spiro atoms. The Balaban J connectivity index is 0. The third-order valence-corrected chi connectivity index (χ3v) is 8.51. The van der Waals surface area contributed by atoms with Crippen LogP contribution in [0.3, 0.4) is 0 Å². The van der Waals surface area contributed by atoms with Crippen LogP contribution < -0.4 is 11.5 Å². The van der Waals surface area contributed by atoms with Gasteiger partial charge in [0, 0.05) is 13.1 Å². The second-order valence-corrected chi connectivity index (χ2v) is 12.9. The maximum absolute atomic E-state index is 4.90. The second-order valence-electron chi connectivity index (χ2n) is 12.9. The van der Waals surface area contributed by atoms with E-state index >= 15 is 0 Å². The van der Waals surface area contributed by atoms with E-state index in [4.69, 9.17) is 16.8 Å². The molecule has 0 aromatic heterocycles. The van der Waals surface area contributed by atoms with Crippen molar-refractivity contribution in [2.75, 3.05) is 26.2 Å². The Morgan fingerprint density at radius 2 is 0.439 bits per heavy atom. The molecule has 4 N–H and O–H groups in total. The summed E-state index contributed by atoms with van der Waals surface area (Å²) in [5.74, 6) is 0. The first kappa shape index (κ1) is 43.0. The van der Waals surface area contributed by atoms with E-state index in [2.05, 4.69) is 13.8 Å². The predicted molar refractivity (Wildman–Crippen MR) is 190 cm³/mol. The van der Waals surface area contributed by atoms with Crippen LogP contribution in [0.1, 0.15) is 219 Å². The molecule has 0 unspecified atom stereocenters. The molecule has 0 aromatic rings. The molecular weight excluding hydrogens is 498 g/mol. The van der Waals surface area contributed by atoms with Gasteiger partial charge in [0.05, 0.1) is 0 Å². The standard InChI is InChI=1S/C36H74N.C2H8N2/c1-3-5-7-9-11-13-15-17-19-21-23-25-27-29-31-33-35-37-36-34-32-30-28-26-24-22-20-18-16-14-12-10-8-6-4-2;3-1-2-4/h3-36H2,1-2H3;1-4H2/q-1;. The van der Waals surface area contributed by atoms with E-state index in [1.165, 1.54) is 205 Å². The van der Waals surface area contributed by atoms with Crippen molar-refractivity contribution in [1.29, 1.82) is 0 Å². The van der Waals surface area contributed by atoms with Gasteiger partial charge in [-0.05, 0) is 0 Å². The summed E-state index contributed by atoms with van der Waals surface area (Å²) in [6, 6.07) is 0. The fraction of sp³-hybridized carbons (Fsp3) is 1.00. The lowest BCUT2D eigenvalue weighted by Crippen LogP contribution is -2.11. The Morgan fingerprint density at radius 1 is 0.268 bits per heavy atom. The fourth-order valence-electron chi connectivity index (χ4n) is 5.66. The maximum Gasteiger partial charge on any atom is 0.00461 e. The maximum atomic E-state index is 4.90. The van der Waals surface area contributed by atoms with E-state index in [1.54, 1.807) is 0 Å². The van der Waals surface area contributed by atoms with Gasteiger partial charge in [0.2, 0.25) is 0 Å². The fourth-order valence-corrected chi connectivity index (χ4v) is 5.66. The highest BCUT2D eigenvalue weighted by molar-refractivity contribution is 4.78. The van der Waals surface area contributed by atoms with Crippen LogP contribution in [0.25, 0.3) is 5.32 Å². The average Bonchev–Trinajstić information content (AvgIpc) is 2.99. The molecule has 41 heavy (non-hydrogen) atoms. The highest BCUT2D eigenvalue weighted by Crippen LogP contribution is 2.15. The van der Waals surface area contributed by atoms with Crippen LogP contribution in [0.4, 0.5) is 0 Å². The van der Waals surface area contributed by atoms with Gasteiger partial charge < -0.3 is 16.8 Å². The third kappa shape index (κ3) is 47.0. The monoisotopic (exact) mass is 581 g/mol. The summed E-state index contributed by atoms with van der Waals surface area (Å²) in [7, 11) is 0. The minimum Gasteiger partial charge on any atom is -0.662 e. The van der Waals surface area contributed by atoms with Crippen LogP contribution in [0.15, 0.2) is 0 Å². The predicted octanol–water partition coefficient (Wildman–Crippen LogP) is 12.8. The molecule has 0 rings (SSSR count). The number of rotatable bonds is 35. The minimum atomic E-state index is 0.597. The summed E-state index contributed by atoms with van der Waals surface area (Å²) in [6.07, 6.45) is 46.4. The van der Waals surface area contributed by atoms with Crippen LogP contribution >= 0.6 is 0 Å². The molecule has 0 heterocycles. The van der Waals surface area contributed by atoms with Gasteiger partial charge in [-0.25, -0.2) is 0 Å². The molecule has 0 aromatic carbocycles. The highest BCUT2D eigenvalue weighted by atomic mass is 14.8. The number of unbranched alkanes of at least 4 members (excludes halogenated alkanes) is 30. The molecule has 0 bridgehead atoms. The first-order valence-corrected chi connectivity index (χ1v) is 19.4. The van der Waals surface area contributed by atoms with Crippen LogP contribution in [0.2, 0.25) is 0 Å². The van der Waals surface area contributed by atoms with Gasteiger partial charge in [-0.3, -0.25) is 0 Å². The van der Waals surface area contributed by atoms with Crippen molar-refractivity contribution >= 4 is 0 Å². The Morgan fingerprint density at radius 3 is 0.610 bits per heavy atom. The molecule has 250 valence electrons. The number of hydrogen-bond donors (Lipinski definition) is 2. The lowest BCUT2D eigenvalue weighted by molar-refractivity contribution is 0.529. The molecule has 3 nitrogen and oxygen atoms in total. The topological polar surface area (TPSA) is 66.1 Å². The van der Waals surface area contributed by atoms with Gasteiger partial charge >= 0.3 is 0 Å². The van der Waals surface area contributed by atoms with E-state index in [0.29, 0.717) is 13.1 Å². The molecule has 3 heteroatoms. The summed E-state index contributed by atoms with van der Waals surface area (Å²) in [4.78, 5) is 0. The summed E-state index contributed by atoms with van der Waals surface area (Å²) in [6.45, 7) is 8.05. The van der Waals surface area contributed by atoms with Gasteiger partial charge in [0.25, 0.3) is 0 Å². The lowest BCUT2D eigenvalue weighted by atomic mass is 10.0. The SMILES string of the molecule is CCCCCCCCCCCCCCCCCC[N-]CCCCCCCCCCCCCCCCCC.NCCN. The molecule has 0 radical (unpaired) electrons. The molecule has 0 aliphatic carbocycles. The Bertz CT molecular complexity index is 365. The Kier molecular flexibility index (Phi) is 46.5. The summed E-state index contributed by atoms with van der Waals surface area (Å²) < 4.78 is 0. The van der Waals surface area contributed by atoms with Crippen LogP contribution in [0, 0.1) is 0 Å². The normalized spacial score (nSPS) is 11.1.